The van der Waals surface area contributed by atoms with Crippen molar-refractivity contribution in [3.05, 3.63) is 48.7 Å². The number of fused-ring (bicyclic) bond motifs is 1. The Morgan fingerprint density at radius 2 is 1.83 bits per heavy atom. The summed E-state index contributed by atoms with van der Waals surface area (Å²) >= 11 is 0.623. The van der Waals surface area contributed by atoms with Crippen LogP contribution in [0.1, 0.15) is 0 Å². The zero-order chi connectivity index (χ0) is 13.4. The Hall–Kier alpha value is -2.55. The molecule has 1 heterocycles. The van der Waals surface area contributed by atoms with E-state index in [1.807, 2.05) is 0 Å². The predicted octanol–water partition coefficient (Wildman–Crippen LogP) is 1.78. The van der Waals surface area contributed by atoms with E-state index in [0.29, 0.717) is 11.3 Å². The molecule has 0 bridgehead atoms. The summed E-state index contributed by atoms with van der Waals surface area (Å²) in [4.78, 5) is 31.2. The Kier molecular flexibility index (Phi) is 2.67. The van der Waals surface area contributed by atoms with Crippen molar-refractivity contribution in [2.24, 2.45) is 0 Å². The highest BCUT2D eigenvalue weighted by Crippen LogP contribution is 2.33. The molecule has 1 aromatic heterocycles. The second-order valence-corrected chi connectivity index (χ2v) is 4.31. The molecule has 0 saturated carbocycles. The fraction of sp³-hybridized carbons (Fsp3) is 0. The first-order valence-electron chi connectivity index (χ1n) is 4.50. The minimum atomic E-state index is -1.03. The van der Waals surface area contributed by atoms with Gasteiger partial charge in [0.2, 0.25) is 0 Å². The minimum Gasteiger partial charge on any atom is -0.495 e. The maximum atomic E-state index is 11.7. The van der Waals surface area contributed by atoms with Gasteiger partial charge in [0.05, 0.1) is 15.2 Å². The molecule has 0 unspecified atom stereocenters. The van der Waals surface area contributed by atoms with Crippen LogP contribution < -0.4 is 5.43 Å². The molecule has 0 aliphatic heterocycles. The van der Waals surface area contributed by atoms with Crippen molar-refractivity contribution in [1.29, 1.82) is 0 Å². The number of hydrogen-bond acceptors (Lipinski definition) is 7. The van der Waals surface area contributed by atoms with E-state index < -0.39 is 26.0 Å². The van der Waals surface area contributed by atoms with E-state index in [9.17, 15) is 30.1 Å². The van der Waals surface area contributed by atoms with Crippen molar-refractivity contribution in [3.8, 4) is 5.06 Å². The van der Waals surface area contributed by atoms with Gasteiger partial charge in [-0.2, -0.15) is 0 Å². The van der Waals surface area contributed by atoms with Gasteiger partial charge >= 0.3 is 5.69 Å². The first-order chi connectivity index (χ1) is 8.41. The summed E-state index contributed by atoms with van der Waals surface area (Å²) in [6, 6.07) is 3.38. The molecule has 18 heavy (non-hydrogen) atoms. The molecule has 92 valence electrons. The van der Waals surface area contributed by atoms with Crippen molar-refractivity contribution < 1.29 is 15.0 Å². The SMILES string of the molecule is O=c1c([N+](=O)[O-])c(O)sc2ccc([N+](=O)[O-])cc12. The van der Waals surface area contributed by atoms with Crippen LogP contribution in [-0.2, 0) is 0 Å². The van der Waals surface area contributed by atoms with Crippen LogP contribution in [0, 0.1) is 20.2 Å². The summed E-state index contributed by atoms with van der Waals surface area (Å²) in [5, 5.41) is 29.7. The van der Waals surface area contributed by atoms with Gasteiger partial charge in [-0.25, -0.2) is 0 Å². The summed E-state index contributed by atoms with van der Waals surface area (Å²) in [6.45, 7) is 0. The largest absolute Gasteiger partial charge is 0.495 e. The second-order valence-electron chi connectivity index (χ2n) is 3.28. The standard InChI is InChI=1S/C9H4N2O6S/c12-8-5-3-4(10(14)15)1-2-6(5)18-9(13)7(8)11(16)17/h1-3,13H. The molecule has 0 fully saturated rings. The quantitative estimate of drug-likeness (QED) is 0.653. The Labute approximate surface area is 102 Å². The third-order valence-electron chi connectivity index (χ3n) is 2.23. The van der Waals surface area contributed by atoms with E-state index in [-0.39, 0.29) is 15.8 Å². The number of nitro benzene ring substituents is 1. The van der Waals surface area contributed by atoms with Crippen LogP contribution in [0.3, 0.4) is 0 Å². The number of nitro groups is 2. The van der Waals surface area contributed by atoms with Gasteiger partial charge in [0.25, 0.3) is 16.2 Å². The van der Waals surface area contributed by atoms with E-state index in [0.717, 1.165) is 12.1 Å². The average Bonchev–Trinajstić information content (AvgIpc) is 2.27. The van der Waals surface area contributed by atoms with Crippen molar-refractivity contribution in [2.75, 3.05) is 0 Å². The van der Waals surface area contributed by atoms with E-state index in [1.54, 1.807) is 0 Å². The minimum absolute atomic E-state index is 0.154. The molecule has 2 rings (SSSR count). The fourth-order valence-electron chi connectivity index (χ4n) is 1.44. The molecule has 1 aromatic carbocycles. The lowest BCUT2D eigenvalue weighted by Gasteiger charge is -1.98. The number of non-ortho nitro benzene ring substituents is 1. The monoisotopic (exact) mass is 268 g/mol. The van der Waals surface area contributed by atoms with Crippen LogP contribution in [0.25, 0.3) is 10.1 Å². The third-order valence-corrected chi connectivity index (χ3v) is 3.19. The molecule has 0 aliphatic rings. The summed E-state index contributed by atoms with van der Waals surface area (Å²) in [5.74, 6) is 0. The molecule has 0 atom stereocenters. The maximum Gasteiger partial charge on any atom is 0.368 e. The third kappa shape index (κ3) is 1.76. The lowest BCUT2D eigenvalue weighted by Crippen LogP contribution is -2.07. The van der Waals surface area contributed by atoms with Gasteiger partial charge in [-0.3, -0.25) is 25.0 Å². The molecular weight excluding hydrogens is 264 g/mol. The maximum absolute atomic E-state index is 11.7. The summed E-state index contributed by atoms with van der Waals surface area (Å²) in [7, 11) is 0. The number of rotatable bonds is 2. The molecule has 0 aliphatic carbocycles. The average molecular weight is 268 g/mol. The van der Waals surface area contributed by atoms with Crippen molar-refractivity contribution >= 4 is 32.8 Å². The van der Waals surface area contributed by atoms with Crippen LogP contribution in [0.5, 0.6) is 5.06 Å². The highest BCUT2D eigenvalue weighted by molar-refractivity contribution is 7.20. The molecule has 2 aromatic rings. The van der Waals surface area contributed by atoms with Crippen LogP contribution in [0.15, 0.2) is 23.0 Å². The summed E-state index contributed by atoms with van der Waals surface area (Å²) in [5.41, 5.74) is -2.34. The van der Waals surface area contributed by atoms with Gasteiger partial charge in [-0.05, 0) is 6.07 Å². The van der Waals surface area contributed by atoms with E-state index in [1.165, 1.54) is 6.07 Å². The topological polar surface area (TPSA) is 124 Å². The lowest BCUT2D eigenvalue weighted by atomic mass is 10.2. The van der Waals surface area contributed by atoms with Crippen LogP contribution in [0.2, 0.25) is 0 Å². The van der Waals surface area contributed by atoms with Gasteiger partial charge in [0.1, 0.15) is 0 Å². The number of hydrogen-bond donors (Lipinski definition) is 1. The molecule has 8 nitrogen and oxygen atoms in total. The molecule has 0 amide bonds. The second kappa shape index (κ2) is 4.04. The van der Waals surface area contributed by atoms with Crippen LogP contribution >= 0.6 is 11.3 Å². The first-order valence-corrected chi connectivity index (χ1v) is 5.32. The van der Waals surface area contributed by atoms with Gasteiger partial charge in [-0.1, -0.05) is 11.3 Å². The van der Waals surface area contributed by atoms with Crippen LogP contribution in [0.4, 0.5) is 11.4 Å². The Balaban J connectivity index is 2.90. The smallest absolute Gasteiger partial charge is 0.368 e. The number of nitrogens with zero attached hydrogens (tertiary/aromatic N) is 2. The van der Waals surface area contributed by atoms with E-state index in [2.05, 4.69) is 0 Å². The molecule has 1 N–H and O–H groups in total. The van der Waals surface area contributed by atoms with Gasteiger partial charge in [-0.15, -0.1) is 0 Å². The first kappa shape index (κ1) is 11.9. The van der Waals surface area contributed by atoms with E-state index in [4.69, 9.17) is 0 Å². The van der Waals surface area contributed by atoms with Gasteiger partial charge in [0.15, 0.2) is 0 Å². The molecule has 0 saturated heterocycles. The molecule has 9 heteroatoms. The fourth-order valence-corrected chi connectivity index (χ4v) is 2.31. The van der Waals surface area contributed by atoms with Gasteiger partial charge < -0.3 is 5.11 Å². The summed E-state index contributed by atoms with van der Waals surface area (Å²) < 4.78 is 0.244. The van der Waals surface area contributed by atoms with E-state index >= 15 is 0 Å². The molecule has 0 spiro atoms. The summed E-state index contributed by atoms with van der Waals surface area (Å²) in [6.07, 6.45) is 0. The number of aromatic hydroxyl groups is 1. The zero-order valence-corrected chi connectivity index (χ0v) is 9.34. The highest BCUT2D eigenvalue weighted by Gasteiger charge is 2.23. The Morgan fingerprint density at radius 3 is 2.39 bits per heavy atom. The zero-order valence-electron chi connectivity index (χ0n) is 8.52. The highest BCUT2D eigenvalue weighted by atomic mass is 32.1. The molecular formula is C9H4N2O6S. The lowest BCUT2D eigenvalue weighted by molar-refractivity contribution is -0.386. The molecule has 0 radical (unpaired) electrons. The normalized spacial score (nSPS) is 10.4. The Bertz CT molecular complexity index is 738. The predicted molar refractivity (Wildman–Crippen MR) is 63.1 cm³/mol. The van der Waals surface area contributed by atoms with Crippen LogP contribution in [-0.4, -0.2) is 15.0 Å². The van der Waals surface area contributed by atoms with Crippen molar-refractivity contribution in [3.63, 3.8) is 0 Å². The van der Waals surface area contributed by atoms with Crippen molar-refractivity contribution in [2.45, 2.75) is 0 Å². The van der Waals surface area contributed by atoms with Gasteiger partial charge in [0, 0.05) is 16.8 Å². The Morgan fingerprint density at radius 1 is 1.17 bits per heavy atom. The van der Waals surface area contributed by atoms with Crippen molar-refractivity contribution in [1.82, 2.24) is 0 Å². The number of benzene rings is 1.